The molecule has 3 heterocycles. The zero-order valence-electron chi connectivity index (χ0n) is 17.5. The highest BCUT2D eigenvalue weighted by molar-refractivity contribution is 6.33. The van der Waals surface area contributed by atoms with Gasteiger partial charge in [0.2, 0.25) is 5.91 Å². The van der Waals surface area contributed by atoms with Gasteiger partial charge in [0.05, 0.1) is 30.2 Å². The number of hydrogen-bond donors (Lipinski definition) is 0. The van der Waals surface area contributed by atoms with Crippen molar-refractivity contribution in [2.75, 3.05) is 31.6 Å². The predicted octanol–water partition coefficient (Wildman–Crippen LogP) is 2.82. The third-order valence-electron chi connectivity index (χ3n) is 5.49. The van der Waals surface area contributed by atoms with Crippen LogP contribution < -0.4 is 9.64 Å². The lowest BCUT2D eigenvalue weighted by atomic mass is 10.1. The first-order valence-corrected chi connectivity index (χ1v) is 10.6. The van der Waals surface area contributed by atoms with E-state index in [0.29, 0.717) is 46.9 Å². The zero-order valence-corrected chi connectivity index (χ0v) is 19.0. The largest absolute Gasteiger partial charge is 0.495 e. The van der Waals surface area contributed by atoms with Crippen LogP contribution in [0.15, 0.2) is 30.6 Å². The minimum atomic E-state index is -0.00626. The SMILES string of the molecule is COc1cc(N2CCN(C(=O)Cn3nc(-n4ccnn4)c(Cl)c3C)C(C)C2)ccc1Cl. The van der Waals surface area contributed by atoms with Crippen molar-refractivity contribution in [1.82, 2.24) is 29.7 Å². The quantitative estimate of drug-likeness (QED) is 0.578. The van der Waals surface area contributed by atoms with Crippen LogP contribution in [0, 0.1) is 6.92 Å². The Morgan fingerprint density at radius 3 is 2.77 bits per heavy atom. The lowest BCUT2D eigenvalue weighted by Gasteiger charge is -2.41. The summed E-state index contributed by atoms with van der Waals surface area (Å²) in [7, 11) is 1.60. The second-order valence-electron chi connectivity index (χ2n) is 7.43. The highest BCUT2D eigenvalue weighted by Gasteiger charge is 2.29. The molecule has 0 radical (unpaired) electrons. The fourth-order valence-corrected chi connectivity index (χ4v) is 4.17. The maximum atomic E-state index is 13.1. The summed E-state index contributed by atoms with van der Waals surface area (Å²) < 4.78 is 8.43. The van der Waals surface area contributed by atoms with Gasteiger partial charge in [0.15, 0.2) is 5.82 Å². The molecule has 31 heavy (non-hydrogen) atoms. The number of ether oxygens (including phenoxy) is 1. The molecule has 0 aliphatic carbocycles. The van der Waals surface area contributed by atoms with E-state index in [1.54, 1.807) is 24.2 Å². The molecule has 1 fully saturated rings. The monoisotopic (exact) mass is 463 g/mol. The number of methoxy groups -OCH3 is 1. The minimum absolute atomic E-state index is 0.00626. The minimum Gasteiger partial charge on any atom is -0.495 e. The molecule has 1 saturated heterocycles. The Bertz CT molecular complexity index is 1080. The van der Waals surface area contributed by atoms with Crippen molar-refractivity contribution in [3.05, 3.63) is 46.3 Å². The Hall–Kier alpha value is -2.78. The molecule has 2 aromatic heterocycles. The van der Waals surface area contributed by atoms with Crippen molar-refractivity contribution in [3.8, 4) is 11.6 Å². The first kappa shape index (κ1) is 21.5. The van der Waals surface area contributed by atoms with Crippen molar-refractivity contribution in [2.24, 2.45) is 0 Å². The number of aromatic nitrogens is 5. The van der Waals surface area contributed by atoms with Crippen molar-refractivity contribution in [2.45, 2.75) is 26.4 Å². The van der Waals surface area contributed by atoms with Crippen LogP contribution in [-0.2, 0) is 11.3 Å². The average molecular weight is 464 g/mol. The van der Waals surface area contributed by atoms with Crippen LogP contribution in [-0.4, -0.2) is 68.4 Å². The number of benzene rings is 1. The number of amides is 1. The van der Waals surface area contributed by atoms with Gasteiger partial charge in [-0.1, -0.05) is 28.4 Å². The fraction of sp³-hybridized carbons (Fsp3) is 0.400. The van der Waals surface area contributed by atoms with Crippen molar-refractivity contribution in [3.63, 3.8) is 0 Å². The molecule has 1 atom stereocenters. The highest BCUT2D eigenvalue weighted by Crippen LogP contribution is 2.30. The molecule has 0 bridgehead atoms. The molecule has 3 aromatic rings. The van der Waals surface area contributed by atoms with Crippen molar-refractivity contribution >= 4 is 34.8 Å². The number of rotatable bonds is 5. The number of carbonyl (C=O) groups is 1. The summed E-state index contributed by atoms with van der Waals surface area (Å²) in [5, 5.41) is 13.2. The van der Waals surface area contributed by atoms with Crippen LogP contribution in [0.25, 0.3) is 5.82 Å². The van der Waals surface area contributed by atoms with E-state index in [0.717, 1.165) is 5.69 Å². The molecule has 9 nitrogen and oxygen atoms in total. The fourth-order valence-electron chi connectivity index (χ4n) is 3.76. The van der Waals surface area contributed by atoms with E-state index in [1.165, 1.54) is 4.68 Å². The number of carbonyl (C=O) groups excluding carboxylic acids is 1. The smallest absolute Gasteiger partial charge is 0.244 e. The number of halogens is 2. The summed E-state index contributed by atoms with van der Waals surface area (Å²) in [5.74, 6) is 1.09. The average Bonchev–Trinajstić information content (AvgIpc) is 3.38. The molecule has 0 N–H and O–H groups in total. The van der Waals surface area contributed by atoms with E-state index in [2.05, 4.69) is 20.3 Å². The molecule has 1 aliphatic heterocycles. The molecule has 11 heteroatoms. The van der Waals surface area contributed by atoms with Crippen LogP contribution >= 0.6 is 23.2 Å². The lowest BCUT2D eigenvalue weighted by Crippen LogP contribution is -2.54. The number of anilines is 1. The molecule has 1 amide bonds. The number of hydrogen-bond acceptors (Lipinski definition) is 6. The number of piperazine rings is 1. The zero-order chi connectivity index (χ0) is 22.1. The van der Waals surface area contributed by atoms with Gasteiger partial charge in [-0.15, -0.1) is 5.10 Å². The van der Waals surface area contributed by atoms with Crippen LogP contribution in [0.1, 0.15) is 12.6 Å². The Balaban J connectivity index is 1.45. The van der Waals surface area contributed by atoms with Gasteiger partial charge in [-0.05, 0) is 26.0 Å². The Morgan fingerprint density at radius 1 is 1.29 bits per heavy atom. The Morgan fingerprint density at radius 2 is 2.10 bits per heavy atom. The van der Waals surface area contributed by atoms with E-state index in [1.807, 2.05) is 36.9 Å². The van der Waals surface area contributed by atoms with E-state index in [9.17, 15) is 4.79 Å². The van der Waals surface area contributed by atoms with Gasteiger partial charge in [-0.3, -0.25) is 9.48 Å². The third kappa shape index (κ3) is 4.20. The summed E-state index contributed by atoms with van der Waals surface area (Å²) in [6.45, 7) is 6.01. The molecular weight excluding hydrogens is 441 g/mol. The summed E-state index contributed by atoms with van der Waals surface area (Å²) in [4.78, 5) is 17.2. The molecule has 0 spiro atoms. The van der Waals surface area contributed by atoms with Gasteiger partial charge in [-0.25, -0.2) is 0 Å². The Kier molecular flexibility index (Phi) is 6.06. The van der Waals surface area contributed by atoms with E-state index in [4.69, 9.17) is 27.9 Å². The van der Waals surface area contributed by atoms with Crippen molar-refractivity contribution in [1.29, 1.82) is 0 Å². The van der Waals surface area contributed by atoms with Gasteiger partial charge in [-0.2, -0.15) is 9.78 Å². The van der Waals surface area contributed by atoms with Gasteiger partial charge in [0.1, 0.15) is 17.3 Å². The topological polar surface area (TPSA) is 81.3 Å². The summed E-state index contributed by atoms with van der Waals surface area (Å²) in [5.41, 5.74) is 1.73. The second-order valence-corrected chi connectivity index (χ2v) is 8.21. The lowest BCUT2D eigenvalue weighted by molar-refractivity contribution is -0.134. The maximum absolute atomic E-state index is 13.1. The van der Waals surface area contributed by atoms with Gasteiger partial charge >= 0.3 is 0 Å². The van der Waals surface area contributed by atoms with E-state index < -0.39 is 0 Å². The van der Waals surface area contributed by atoms with E-state index >= 15 is 0 Å². The highest BCUT2D eigenvalue weighted by atomic mass is 35.5. The molecule has 1 aromatic carbocycles. The summed E-state index contributed by atoms with van der Waals surface area (Å²) in [6.07, 6.45) is 3.21. The molecular formula is C20H23Cl2N7O2. The van der Waals surface area contributed by atoms with Crippen LogP contribution in [0.3, 0.4) is 0 Å². The normalized spacial score (nSPS) is 16.6. The molecule has 0 saturated carbocycles. The third-order valence-corrected chi connectivity index (χ3v) is 6.24. The van der Waals surface area contributed by atoms with Gasteiger partial charge in [0.25, 0.3) is 0 Å². The molecule has 4 rings (SSSR count). The first-order valence-electron chi connectivity index (χ1n) is 9.86. The molecule has 1 aliphatic rings. The van der Waals surface area contributed by atoms with Crippen LogP contribution in [0.4, 0.5) is 5.69 Å². The predicted molar refractivity (Wildman–Crippen MR) is 118 cm³/mol. The summed E-state index contributed by atoms with van der Waals surface area (Å²) >= 11 is 12.5. The summed E-state index contributed by atoms with van der Waals surface area (Å²) in [6, 6.07) is 5.75. The van der Waals surface area contributed by atoms with Crippen LogP contribution in [0.5, 0.6) is 5.75 Å². The molecule has 1 unspecified atom stereocenters. The maximum Gasteiger partial charge on any atom is 0.244 e. The van der Waals surface area contributed by atoms with E-state index in [-0.39, 0.29) is 18.5 Å². The Labute approximate surface area is 190 Å². The second kappa shape index (κ2) is 8.76. The van der Waals surface area contributed by atoms with Gasteiger partial charge < -0.3 is 14.5 Å². The standard InChI is InChI=1S/C20H23Cl2N7O2/c1-13-11-26(15-4-5-16(21)17(10-15)31-3)8-9-27(13)18(30)12-29-14(2)19(22)20(24-29)28-7-6-23-25-28/h4-7,10,13H,8-9,11-12H2,1-3H3. The van der Waals surface area contributed by atoms with Gasteiger partial charge in [0, 0.05) is 37.4 Å². The van der Waals surface area contributed by atoms with Crippen molar-refractivity contribution < 1.29 is 9.53 Å². The van der Waals surface area contributed by atoms with Crippen LogP contribution in [0.2, 0.25) is 10.0 Å². The first-order chi connectivity index (χ1) is 14.9. The molecule has 164 valence electrons. The number of nitrogens with zero attached hydrogens (tertiary/aromatic N) is 7.